The summed E-state index contributed by atoms with van der Waals surface area (Å²) in [6.45, 7) is 2.64. The van der Waals surface area contributed by atoms with Crippen LogP contribution < -0.4 is 5.32 Å². The van der Waals surface area contributed by atoms with E-state index in [4.69, 9.17) is 9.84 Å². The van der Waals surface area contributed by atoms with E-state index in [1.54, 1.807) is 12.1 Å². The Balaban J connectivity index is 1.82. The van der Waals surface area contributed by atoms with E-state index in [9.17, 15) is 0 Å². The SMILES string of the molecule is Oc1ccc(COC2CCNC2)cc1. The van der Waals surface area contributed by atoms with Gasteiger partial charge in [-0.2, -0.15) is 0 Å². The summed E-state index contributed by atoms with van der Waals surface area (Å²) >= 11 is 0. The van der Waals surface area contributed by atoms with Crippen LogP contribution in [0.15, 0.2) is 24.3 Å². The number of hydrogen-bond acceptors (Lipinski definition) is 3. The molecule has 1 aliphatic rings. The topological polar surface area (TPSA) is 41.5 Å². The Labute approximate surface area is 83.7 Å². The molecule has 76 valence electrons. The van der Waals surface area contributed by atoms with E-state index in [1.165, 1.54) is 0 Å². The summed E-state index contributed by atoms with van der Waals surface area (Å²) < 4.78 is 5.68. The number of ether oxygens (including phenoxy) is 1. The quantitative estimate of drug-likeness (QED) is 0.759. The molecule has 1 heterocycles. The summed E-state index contributed by atoms with van der Waals surface area (Å²) in [5.41, 5.74) is 1.11. The van der Waals surface area contributed by atoms with E-state index in [1.807, 2.05) is 12.1 Å². The number of benzene rings is 1. The smallest absolute Gasteiger partial charge is 0.115 e. The highest BCUT2D eigenvalue weighted by Crippen LogP contribution is 2.12. The molecule has 2 rings (SSSR count). The van der Waals surface area contributed by atoms with Gasteiger partial charge in [0.15, 0.2) is 0 Å². The van der Waals surface area contributed by atoms with Crippen LogP contribution >= 0.6 is 0 Å². The van der Waals surface area contributed by atoms with Crippen LogP contribution in [0.1, 0.15) is 12.0 Å². The summed E-state index contributed by atoms with van der Waals surface area (Å²) in [5.74, 6) is 0.302. The Morgan fingerprint density at radius 1 is 1.36 bits per heavy atom. The largest absolute Gasteiger partial charge is 0.508 e. The number of aromatic hydroxyl groups is 1. The zero-order chi connectivity index (χ0) is 9.80. The normalized spacial score (nSPS) is 21.3. The first-order valence-corrected chi connectivity index (χ1v) is 4.95. The van der Waals surface area contributed by atoms with Gasteiger partial charge >= 0.3 is 0 Å². The zero-order valence-corrected chi connectivity index (χ0v) is 8.07. The van der Waals surface area contributed by atoms with Crippen molar-refractivity contribution >= 4 is 0 Å². The first-order valence-electron chi connectivity index (χ1n) is 4.95. The van der Waals surface area contributed by atoms with E-state index < -0.39 is 0 Å². The minimum Gasteiger partial charge on any atom is -0.508 e. The second-order valence-corrected chi connectivity index (χ2v) is 3.59. The highest BCUT2D eigenvalue weighted by atomic mass is 16.5. The molecule has 0 radical (unpaired) electrons. The third kappa shape index (κ3) is 2.47. The molecule has 1 saturated heterocycles. The highest BCUT2D eigenvalue weighted by molar-refractivity contribution is 5.25. The third-order valence-electron chi connectivity index (χ3n) is 2.44. The van der Waals surface area contributed by atoms with Crippen LogP contribution in [0.5, 0.6) is 5.75 Å². The Morgan fingerprint density at radius 2 is 2.14 bits per heavy atom. The van der Waals surface area contributed by atoms with E-state index >= 15 is 0 Å². The molecular formula is C11H15NO2. The Hall–Kier alpha value is -1.06. The molecule has 1 atom stereocenters. The maximum absolute atomic E-state index is 9.09. The van der Waals surface area contributed by atoms with Gasteiger partial charge in [-0.05, 0) is 30.7 Å². The molecule has 3 nitrogen and oxygen atoms in total. The van der Waals surface area contributed by atoms with Crippen molar-refractivity contribution in [2.24, 2.45) is 0 Å². The number of hydrogen-bond donors (Lipinski definition) is 2. The second-order valence-electron chi connectivity index (χ2n) is 3.59. The molecule has 1 aliphatic heterocycles. The van der Waals surface area contributed by atoms with Gasteiger partial charge in [0.2, 0.25) is 0 Å². The van der Waals surface area contributed by atoms with E-state index in [0.717, 1.165) is 25.1 Å². The lowest BCUT2D eigenvalue weighted by Gasteiger charge is -2.10. The molecule has 0 aliphatic carbocycles. The van der Waals surface area contributed by atoms with Crippen molar-refractivity contribution in [2.45, 2.75) is 19.1 Å². The van der Waals surface area contributed by atoms with Gasteiger partial charge in [0.05, 0.1) is 12.7 Å². The Kier molecular flexibility index (Phi) is 3.01. The van der Waals surface area contributed by atoms with Crippen molar-refractivity contribution in [3.63, 3.8) is 0 Å². The van der Waals surface area contributed by atoms with Crippen LogP contribution in [0.25, 0.3) is 0 Å². The van der Waals surface area contributed by atoms with Gasteiger partial charge in [-0.3, -0.25) is 0 Å². The van der Waals surface area contributed by atoms with Gasteiger partial charge in [-0.1, -0.05) is 12.1 Å². The molecule has 0 bridgehead atoms. The molecule has 0 saturated carbocycles. The summed E-state index contributed by atoms with van der Waals surface area (Å²) in [4.78, 5) is 0. The standard InChI is InChI=1S/C11H15NO2/c13-10-3-1-9(2-4-10)8-14-11-5-6-12-7-11/h1-4,11-13H,5-8H2. The number of nitrogens with one attached hydrogen (secondary N) is 1. The Bertz CT molecular complexity index is 278. The van der Waals surface area contributed by atoms with Crippen LogP contribution in [-0.2, 0) is 11.3 Å². The maximum Gasteiger partial charge on any atom is 0.115 e. The van der Waals surface area contributed by atoms with Crippen LogP contribution in [0.4, 0.5) is 0 Å². The summed E-state index contributed by atoms with van der Waals surface area (Å²) in [7, 11) is 0. The van der Waals surface area contributed by atoms with Crippen molar-refractivity contribution in [1.29, 1.82) is 0 Å². The van der Waals surface area contributed by atoms with Crippen molar-refractivity contribution in [3.8, 4) is 5.75 Å². The Morgan fingerprint density at radius 3 is 2.79 bits per heavy atom. The molecule has 1 aromatic carbocycles. The van der Waals surface area contributed by atoms with Crippen molar-refractivity contribution in [1.82, 2.24) is 5.32 Å². The predicted octanol–water partition coefficient (Wildman–Crippen LogP) is 1.27. The van der Waals surface area contributed by atoms with Crippen molar-refractivity contribution in [2.75, 3.05) is 13.1 Å². The van der Waals surface area contributed by atoms with E-state index in [-0.39, 0.29) is 0 Å². The number of rotatable bonds is 3. The first-order chi connectivity index (χ1) is 6.84. The highest BCUT2D eigenvalue weighted by Gasteiger charge is 2.14. The van der Waals surface area contributed by atoms with E-state index in [0.29, 0.717) is 18.5 Å². The van der Waals surface area contributed by atoms with Gasteiger partial charge < -0.3 is 15.2 Å². The monoisotopic (exact) mass is 193 g/mol. The number of phenols is 1. The van der Waals surface area contributed by atoms with Crippen LogP contribution in [0, 0.1) is 0 Å². The fourth-order valence-electron chi connectivity index (χ4n) is 1.58. The van der Waals surface area contributed by atoms with Gasteiger partial charge in [-0.25, -0.2) is 0 Å². The van der Waals surface area contributed by atoms with Crippen LogP contribution in [0.2, 0.25) is 0 Å². The molecule has 14 heavy (non-hydrogen) atoms. The molecule has 3 heteroatoms. The van der Waals surface area contributed by atoms with Crippen LogP contribution in [0.3, 0.4) is 0 Å². The molecule has 1 unspecified atom stereocenters. The first kappa shape index (κ1) is 9.49. The summed E-state index contributed by atoms with van der Waals surface area (Å²) in [6, 6.07) is 7.15. The molecule has 0 amide bonds. The molecule has 0 spiro atoms. The predicted molar refractivity (Wildman–Crippen MR) is 54.2 cm³/mol. The zero-order valence-electron chi connectivity index (χ0n) is 8.07. The maximum atomic E-state index is 9.09. The fourth-order valence-corrected chi connectivity index (χ4v) is 1.58. The van der Waals surface area contributed by atoms with Gasteiger partial charge in [0, 0.05) is 6.54 Å². The van der Waals surface area contributed by atoms with Crippen LogP contribution in [-0.4, -0.2) is 24.3 Å². The lowest BCUT2D eigenvalue weighted by Crippen LogP contribution is -2.16. The lowest BCUT2D eigenvalue weighted by molar-refractivity contribution is 0.0542. The van der Waals surface area contributed by atoms with Crippen molar-refractivity contribution < 1.29 is 9.84 Å². The molecule has 0 aromatic heterocycles. The minimum absolute atomic E-state index is 0.302. The van der Waals surface area contributed by atoms with Crippen molar-refractivity contribution in [3.05, 3.63) is 29.8 Å². The molecular weight excluding hydrogens is 178 g/mol. The molecule has 1 aromatic rings. The third-order valence-corrected chi connectivity index (χ3v) is 2.44. The fraction of sp³-hybridized carbons (Fsp3) is 0.455. The van der Waals surface area contributed by atoms with Gasteiger partial charge in [0.1, 0.15) is 5.75 Å². The molecule has 1 fully saturated rings. The van der Waals surface area contributed by atoms with E-state index in [2.05, 4.69) is 5.32 Å². The average molecular weight is 193 g/mol. The summed E-state index contributed by atoms with van der Waals surface area (Å²) in [5, 5.41) is 12.3. The number of phenolic OH excluding ortho intramolecular Hbond substituents is 1. The van der Waals surface area contributed by atoms with Gasteiger partial charge in [0.25, 0.3) is 0 Å². The van der Waals surface area contributed by atoms with Gasteiger partial charge in [-0.15, -0.1) is 0 Å². The summed E-state index contributed by atoms with van der Waals surface area (Å²) in [6.07, 6.45) is 1.45. The molecule has 2 N–H and O–H groups in total. The lowest BCUT2D eigenvalue weighted by atomic mass is 10.2. The minimum atomic E-state index is 0.302. The second kappa shape index (κ2) is 4.44. The average Bonchev–Trinajstić information content (AvgIpc) is 2.70.